The summed E-state index contributed by atoms with van der Waals surface area (Å²) in [6.07, 6.45) is 0. The van der Waals surface area contributed by atoms with Crippen LogP contribution in [-0.4, -0.2) is 35.6 Å². The summed E-state index contributed by atoms with van der Waals surface area (Å²) in [5.74, 6) is 0.768. The Kier molecular flexibility index (Phi) is 5.89. The minimum absolute atomic E-state index is 0.0162. The molecule has 0 aliphatic heterocycles. The summed E-state index contributed by atoms with van der Waals surface area (Å²) < 4.78 is 34.5. The number of hydrogen-bond donors (Lipinski definition) is 1. The van der Waals surface area contributed by atoms with Crippen molar-refractivity contribution in [3.63, 3.8) is 0 Å². The van der Waals surface area contributed by atoms with Crippen LogP contribution >= 0.6 is 0 Å². The number of methoxy groups -OCH3 is 1. The molecule has 0 fully saturated rings. The molecule has 0 aliphatic rings. The third-order valence-electron chi connectivity index (χ3n) is 4.56. The van der Waals surface area contributed by atoms with E-state index in [2.05, 4.69) is 14.7 Å². The standard InChI is InChI=1S/C20H21F2N3O3/c1-12(18-23-15-7-5-4-6-14(15)19(26)24-18)25(2)11-13-8-9-16(28-20(21)22)17(10-13)27-3/h4-10,12,20H,11H2,1-3H3,(H,23,24,26)/t12-/m1/s1. The molecule has 3 aromatic rings. The van der Waals surface area contributed by atoms with Gasteiger partial charge in [-0.2, -0.15) is 8.78 Å². The maximum Gasteiger partial charge on any atom is 0.387 e. The van der Waals surface area contributed by atoms with Crippen molar-refractivity contribution >= 4 is 10.9 Å². The Morgan fingerprint density at radius 2 is 1.93 bits per heavy atom. The Hall–Kier alpha value is -3.00. The number of nitrogens with zero attached hydrogens (tertiary/aromatic N) is 2. The molecule has 0 aliphatic carbocycles. The van der Waals surface area contributed by atoms with E-state index in [0.29, 0.717) is 23.3 Å². The maximum absolute atomic E-state index is 12.5. The number of para-hydroxylation sites is 1. The van der Waals surface area contributed by atoms with Crippen LogP contribution in [0.25, 0.3) is 10.9 Å². The molecule has 0 unspecified atom stereocenters. The summed E-state index contributed by atoms with van der Waals surface area (Å²) in [5.41, 5.74) is 1.30. The Morgan fingerprint density at radius 1 is 1.18 bits per heavy atom. The topological polar surface area (TPSA) is 67.5 Å². The molecule has 1 atom stereocenters. The van der Waals surface area contributed by atoms with Crippen molar-refractivity contribution in [2.75, 3.05) is 14.2 Å². The zero-order valence-electron chi connectivity index (χ0n) is 15.8. The highest BCUT2D eigenvalue weighted by molar-refractivity contribution is 5.77. The third kappa shape index (κ3) is 4.28. The Labute approximate surface area is 160 Å². The van der Waals surface area contributed by atoms with Crippen LogP contribution in [0.2, 0.25) is 0 Å². The van der Waals surface area contributed by atoms with Gasteiger partial charge in [0.05, 0.1) is 24.1 Å². The van der Waals surface area contributed by atoms with Crippen LogP contribution in [0.3, 0.4) is 0 Å². The van der Waals surface area contributed by atoms with E-state index in [1.807, 2.05) is 24.9 Å². The predicted octanol–water partition coefficient (Wildman–Crippen LogP) is 3.73. The van der Waals surface area contributed by atoms with Crippen molar-refractivity contribution < 1.29 is 18.3 Å². The number of rotatable bonds is 7. The second kappa shape index (κ2) is 8.35. The van der Waals surface area contributed by atoms with Gasteiger partial charge < -0.3 is 14.5 Å². The smallest absolute Gasteiger partial charge is 0.387 e. The van der Waals surface area contributed by atoms with Crippen molar-refractivity contribution in [1.82, 2.24) is 14.9 Å². The van der Waals surface area contributed by atoms with Crippen LogP contribution in [0.5, 0.6) is 11.5 Å². The van der Waals surface area contributed by atoms with Gasteiger partial charge in [0.15, 0.2) is 11.5 Å². The van der Waals surface area contributed by atoms with Crippen molar-refractivity contribution in [3.05, 3.63) is 64.2 Å². The molecule has 1 heterocycles. The number of hydrogen-bond acceptors (Lipinski definition) is 5. The summed E-state index contributed by atoms with van der Waals surface area (Å²) in [6.45, 7) is -0.500. The van der Waals surface area contributed by atoms with Crippen molar-refractivity contribution in [1.29, 1.82) is 0 Å². The Morgan fingerprint density at radius 3 is 2.64 bits per heavy atom. The van der Waals surface area contributed by atoms with E-state index in [4.69, 9.17) is 4.74 Å². The first kappa shape index (κ1) is 19.8. The lowest BCUT2D eigenvalue weighted by atomic mass is 10.1. The van der Waals surface area contributed by atoms with Gasteiger partial charge >= 0.3 is 6.61 Å². The summed E-state index contributed by atoms with van der Waals surface area (Å²) in [4.78, 5) is 21.7. The van der Waals surface area contributed by atoms with Gasteiger partial charge in [0.2, 0.25) is 0 Å². The summed E-state index contributed by atoms with van der Waals surface area (Å²) in [6, 6.07) is 11.8. The number of alkyl halides is 2. The normalized spacial score (nSPS) is 12.5. The van der Waals surface area contributed by atoms with E-state index in [1.54, 1.807) is 30.3 Å². The SMILES string of the molecule is COc1cc(CN(C)[C@H](C)c2nc3ccccc3c(=O)[nH]2)ccc1OC(F)F. The molecule has 0 saturated heterocycles. The average molecular weight is 389 g/mol. The summed E-state index contributed by atoms with van der Waals surface area (Å²) in [7, 11) is 3.28. The number of fused-ring (bicyclic) bond motifs is 1. The van der Waals surface area contributed by atoms with E-state index in [-0.39, 0.29) is 23.1 Å². The van der Waals surface area contributed by atoms with Gasteiger partial charge in [0.25, 0.3) is 5.56 Å². The highest BCUT2D eigenvalue weighted by Gasteiger charge is 2.17. The first-order valence-electron chi connectivity index (χ1n) is 8.70. The van der Waals surface area contributed by atoms with Crippen molar-refractivity contribution in [3.8, 4) is 11.5 Å². The van der Waals surface area contributed by atoms with Crippen LogP contribution < -0.4 is 15.0 Å². The third-order valence-corrected chi connectivity index (χ3v) is 4.56. The molecule has 6 nitrogen and oxygen atoms in total. The molecule has 148 valence electrons. The van der Waals surface area contributed by atoms with Gasteiger partial charge in [-0.1, -0.05) is 18.2 Å². The first-order chi connectivity index (χ1) is 13.4. The van der Waals surface area contributed by atoms with Crippen LogP contribution in [0.15, 0.2) is 47.3 Å². The molecule has 0 spiro atoms. The molecular formula is C20H21F2N3O3. The van der Waals surface area contributed by atoms with Gasteiger partial charge in [0.1, 0.15) is 5.82 Å². The number of benzene rings is 2. The van der Waals surface area contributed by atoms with Crippen LogP contribution in [0.4, 0.5) is 8.78 Å². The maximum atomic E-state index is 12.5. The zero-order chi connectivity index (χ0) is 20.3. The zero-order valence-corrected chi connectivity index (χ0v) is 15.8. The second-order valence-electron chi connectivity index (χ2n) is 6.42. The number of aromatic amines is 1. The van der Waals surface area contributed by atoms with Gasteiger partial charge in [-0.25, -0.2) is 4.98 Å². The second-order valence-corrected chi connectivity index (χ2v) is 6.42. The van der Waals surface area contributed by atoms with Crippen molar-refractivity contribution in [2.45, 2.75) is 26.1 Å². The molecule has 28 heavy (non-hydrogen) atoms. The van der Waals surface area contributed by atoms with E-state index >= 15 is 0 Å². The molecule has 2 aromatic carbocycles. The Bertz CT molecular complexity index is 1020. The lowest BCUT2D eigenvalue weighted by Gasteiger charge is -2.24. The fourth-order valence-corrected chi connectivity index (χ4v) is 2.94. The van der Waals surface area contributed by atoms with Crippen molar-refractivity contribution in [2.24, 2.45) is 0 Å². The molecule has 0 amide bonds. The van der Waals surface area contributed by atoms with Gasteiger partial charge in [-0.15, -0.1) is 0 Å². The minimum Gasteiger partial charge on any atom is -0.493 e. The summed E-state index contributed by atoms with van der Waals surface area (Å²) >= 11 is 0. The predicted molar refractivity (Wildman–Crippen MR) is 102 cm³/mol. The van der Waals surface area contributed by atoms with E-state index in [1.165, 1.54) is 13.2 Å². The molecule has 0 radical (unpaired) electrons. The Balaban J connectivity index is 1.81. The van der Waals surface area contributed by atoms with E-state index in [9.17, 15) is 13.6 Å². The van der Waals surface area contributed by atoms with Crippen LogP contribution in [-0.2, 0) is 6.54 Å². The van der Waals surface area contributed by atoms with E-state index in [0.717, 1.165) is 5.56 Å². The molecule has 3 rings (SSSR count). The fourth-order valence-electron chi connectivity index (χ4n) is 2.94. The monoisotopic (exact) mass is 389 g/mol. The van der Waals surface area contributed by atoms with Gasteiger partial charge in [-0.3, -0.25) is 9.69 Å². The molecule has 1 N–H and O–H groups in total. The van der Waals surface area contributed by atoms with Gasteiger partial charge in [-0.05, 0) is 43.8 Å². The van der Waals surface area contributed by atoms with Crippen LogP contribution in [0, 0.1) is 0 Å². The fraction of sp³-hybridized carbons (Fsp3) is 0.300. The van der Waals surface area contributed by atoms with Crippen LogP contribution in [0.1, 0.15) is 24.4 Å². The lowest BCUT2D eigenvalue weighted by Crippen LogP contribution is -2.26. The highest BCUT2D eigenvalue weighted by atomic mass is 19.3. The molecule has 1 aromatic heterocycles. The lowest BCUT2D eigenvalue weighted by molar-refractivity contribution is -0.0512. The first-order valence-corrected chi connectivity index (χ1v) is 8.70. The van der Waals surface area contributed by atoms with E-state index < -0.39 is 6.61 Å². The average Bonchev–Trinajstić information content (AvgIpc) is 2.68. The highest BCUT2D eigenvalue weighted by Crippen LogP contribution is 2.30. The molecule has 0 bridgehead atoms. The molecular weight excluding hydrogens is 368 g/mol. The quantitative estimate of drug-likeness (QED) is 0.667. The number of nitrogens with one attached hydrogen (secondary N) is 1. The molecule has 0 saturated carbocycles. The number of ether oxygens (including phenoxy) is 2. The minimum atomic E-state index is -2.92. The number of aromatic nitrogens is 2. The largest absolute Gasteiger partial charge is 0.493 e. The number of halogens is 2. The summed E-state index contributed by atoms with van der Waals surface area (Å²) in [5, 5.41) is 0.542. The van der Waals surface area contributed by atoms with Gasteiger partial charge in [0, 0.05) is 6.54 Å². The number of H-pyrrole nitrogens is 1. The molecule has 8 heteroatoms.